The maximum Gasteiger partial charge on any atom is 0.319 e. The number of hydrogen-bond donors (Lipinski definition) is 2. The van der Waals surface area contributed by atoms with Gasteiger partial charge in [-0.25, -0.2) is 4.79 Å². The summed E-state index contributed by atoms with van der Waals surface area (Å²) in [5.41, 5.74) is 4.25. The third kappa shape index (κ3) is 3.41. The maximum absolute atomic E-state index is 12.5. The Morgan fingerprint density at radius 3 is 2.86 bits per heavy atom. The first-order valence-corrected chi connectivity index (χ1v) is 10.4. The summed E-state index contributed by atoms with van der Waals surface area (Å²) in [4.78, 5) is 18.1. The second-order valence-corrected chi connectivity index (χ2v) is 8.28. The number of nitrogens with one attached hydrogen (secondary N) is 2. The molecule has 5 nitrogen and oxygen atoms in total. The molecule has 142 valence electrons. The number of nitrogens with zero attached hydrogens (tertiary/aromatic N) is 1. The van der Waals surface area contributed by atoms with Gasteiger partial charge in [0.05, 0.1) is 6.54 Å². The second-order valence-electron chi connectivity index (χ2n) is 7.19. The van der Waals surface area contributed by atoms with Crippen LogP contribution in [0, 0.1) is 0 Å². The van der Waals surface area contributed by atoms with Crippen molar-refractivity contribution in [3.63, 3.8) is 0 Å². The Morgan fingerprint density at radius 1 is 1.14 bits per heavy atom. The van der Waals surface area contributed by atoms with E-state index in [1.54, 1.807) is 11.3 Å². The summed E-state index contributed by atoms with van der Waals surface area (Å²) in [6.07, 6.45) is 3.61. The minimum Gasteiger partial charge on any atom is -0.381 e. The number of ether oxygens (including phenoxy) is 1. The molecular weight excluding hydrogens is 370 g/mol. The van der Waals surface area contributed by atoms with Gasteiger partial charge in [-0.05, 0) is 53.6 Å². The largest absolute Gasteiger partial charge is 0.381 e. The van der Waals surface area contributed by atoms with Crippen molar-refractivity contribution in [3.05, 3.63) is 53.6 Å². The summed E-state index contributed by atoms with van der Waals surface area (Å²) in [6.45, 7) is 2.10. The van der Waals surface area contributed by atoms with Crippen LogP contribution < -0.4 is 10.6 Å². The van der Waals surface area contributed by atoms with Gasteiger partial charge in [-0.3, -0.25) is 4.99 Å². The van der Waals surface area contributed by atoms with Gasteiger partial charge in [0, 0.05) is 46.3 Å². The van der Waals surface area contributed by atoms with Gasteiger partial charge >= 0.3 is 6.03 Å². The van der Waals surface area contributed by atoms with Crippen LogP contribution >= 0.6 is 11.3 Å². The van der Waals surface area contributed by atoms with E-state index in [9.17, 15) is 4.79 Å². The Hall–Kier alpha value is -2.70. The zero-order valence-electron chi connectivity index (χ0n) is 15.4. The highest BCUT2D eigenvalue weighted by atomic mass is 32.1. The molecule has 0 radical (unpaired) electrons. The fraction of sp³-hybridized carbons (Fsp3) is 0.273. The smallest absolute Gasteiger partial charge is 0.319 e. The monoisotopic (exact) mass is 391 g/mol. The Bertz CT molecular complexity index is 1030. The normalized spacial score (nSPS) is 16.3. The highest BCUT2D eigenvalue weighted by molar-refractivity contribution is 7.22. The number of aliphatic imine (C=N–C) groups is 1. The number of carbonyl (C=O) groups excluding carboxylic acids is 1. The molecule has 2 aliphatic heterocycles. The van der Waals surface area contributed by atoms with E-state index in [2.05, 4.69) is 52.0 Å². The van der Waals surface area contributed by atoms with Crippen LogP contribution in [0.4, 0.5) is 10.5 Å². The average molecular weight is 391 g/mol. The predicted octanol–water partition coefficient (Wildman–Crippen LogP) is 4.80. The summed E-state index contributed by atoms with van der Waals surface area (Å²) >= 11 is 1.77. The molecule has 2 amide bonds. The molecule has 1 aromatic heterocycles. The predicted molar refractivity (Wildman–Crippen MR) is 115 cm³/mol. The molecule has 0 atom stereocenters. The quantitative estimate of drug-likeness (QED) is 0.674. The highest BCUT2D eigenvalue weighted by Crippen LogP contribution is 2.39. The molecule has 0 unspecified atom stereocenters. The molecule has 2 aromatic carbocycles. The lowest BCUT2D eigenvalue weighted by molar-refractivity contribution is 0.0806. The van der Waals surface area contributed by atoms with E-state index in [0.29, 0.717) is 19.8 Å². The minimum atomic E-state index is -0.163. The third-order valence-corrected chi connectivity index (χ3v) is 6.42. The molecule has 2 N–H and O–H groups in total. The Kier molecular flexibility index (Phi) is 4.58. The lowest BCUT2D eigenvalue weighted by atomic mass is 10.0. The molecule has 1 fully saturated rings. The summed E-state index contributed by atoms with van der Waals surface area (Å²) in [5, 5.41) is 7.31. The number of amides is 2. The standard InChI is InChI=1S/C22H21N3O2S/c26-22(24-16-5-7-27-8-6-16)25-17-9-15-12-23-13-19(15)18(11-17)21-10-14-3-1-2-4-20(14)28-21/h1-4,9-12,16H,5-8,13H2,(H2,24,25,26). The number of urea groups is 1. The van der Waals surface area contributed by atoms with Crippen LogP contribution in [0.25, 0.3) is 20.5 Å². The summed E-state index contributed by atoms with van der Waals surface area (Å²) in [6, 6.07) is 14.7. The number of fused-ring (bicyclic) bond motifs is 2. The van der Waals surface area contributed by atoms with Crippen LogP contribution in [0.1, 0.15) is 24.0 Å². The number of anilines is 1. The molecule has 3 heterocycles. The SMILES string of the molecule is O=C(Nc1cc2c(c(-c3cc4ccccc4s3)c1)CN=C2)NC1CCOCC1. The van der Waals surface area contributed by atoms with Crippen molar-refractivity contribution in [2.45, 2.75) is 25.4 Å². The molecule has 0 saturated carbocycles. The van der Waals surface area contributed by atoms with Crippen molar-refractivity contribution in [2.24, 2.45) is 4.99 Å². The van der Waals surface area contributed by atoms with Gasteiger partial charge in [0.1, 0.15) is 0 Å². The molecule has 28 heavy (non-hydrogen) atoms. The van der Waals surface area contributed by atoms with E-state index in [4.69, 9.17) is 4.74 Å². The number of hydrogen-bond acceptors (Lipinski definition) is 4. The molecule has 3 aromatic rings. The molecule has 0 spiro atoms. The van der Waals surface area contributed by atoms with Gasteiger partial charge in [0.15, 0.2) is 0 Å². The van der Waals surface area contributed by atoms with Gasteiger partial charge in [-0.2, -0.15) is 0 Å². The molecule has 0 aliphatic carbocycles. The van der Waals surface area contributed by atoms with Gasteiger partial charge < -0.3 is 15.4 Å². The van der Waals surface area contributed by atoms with Crippen LogP contribution in [-0.4, -0.2) is 31.5 Å². The van der Waals surface area contributed by atoms with Crippen molar-refractivity contribution in [1.82, 2.24) is 5.32 Å². The van der Waals surface area contributed by atoms with E-state index >= 15 is 0 Å². The van der Waals surface area contributed by atoms with Crippen molar-refractivity contribution in [1.29, 1.82) is 0 Å². The van der Waals surface area contributed by atoms with Crippen molar-refractivity contribution in [2.75, 3.05) is 18.5 Å². The van der Waals surface area contributed by atoms with Gasteiger partial charge in [-0.1, -0.05) is 18.2 Å². The second kappa shape index (κ2) is 7.37. The van der Waals surface area contributed by atoms with Crippen LogP contribution in [0.2, 0.25) is 0 Å². The van der Waals surface area contributed by atoms with Gasteiger partial charge in [0.25, 0.3) is 0 Å². The minimum absolute atomic E-state index is 0.163. The average Bonchev–Trinajstić information content (AvgIpc) is 3.34. The maximum atomic E-state index is 12.5. The van der Waals surface area contributed by atoms with Gasteiger partial charge in [0.2, 0.25) is 0 Å². The van der Waals surface area contributed by atoms with Crippen LogP contribution in [-0.2, 0) is 11.3 Å². The summed E-state index contributed by atoms with van der Waals surface area (Å²) < 4.78 is 6.62. The number of carbonyl (C=O) groups is 1. The van der Waals surface area contributed by atoms with E-state index in [-0.39, 0.29) is 12.1 Å². The van der Waals surface area contributed by atoms with Crippen molar-refractivity contribution >= 4 is 39.4 Å². The van der Waals surface area contributed by atoms with E-state index in [0.717, 1.165) is 29.7 Å². The van der Waals surface area contributed by atoms with Crippen LogP contribution in [0.3, 0.4) is 0 Å². The number of rotatable bonds is 3. The number of thiophene rings is 1. The lowest BCUT2D eigenvalue weighted by Crippen LogP contribution is -2.41. The third-order valence-electron chi connectivity index (χ3n) is 5.27. The summed E-state index contributed by atoms with van der Waals surface area (Å²) in [5.74, 6) is 0. The van der Waals surface area contributed by atoms with Crippen LogP contribution in [0.15, 0.2) is 47.5 Å². The zero-order valence-corrected chi connectivity index (χ0v) is 16.2. The summed E-state index contributed by atoms with van der Waals surface area (Å²) in [7, 11) is 0. The van der Waals surface area contributed by atoms with E-state index in [1.165, 1.54) is 20.5 Å². The lowest BCUT2D eigenvalue weighted by Gasteiger charge is -2.23. The van der Waals surface area contributed by atoms with Crippen molar-refractivity contribution in [3.8, 4) is 10.4 Å². The topological polar surface area (TPSA) is 62.7 Å². The first kappa shape index (κ1) is 17.4. The first-order chi connectivity index (χ1) is 13.8. The fourth-order valence-corrected chi connectivity index (χ4v) is 4.93. The first-order valence-electron chi connectivity index (χ1n) is 9.57. The molecule has 5 rings (SSSR count). The fourth-order valence-electron chi connectivity index (χ4n) is 3.82. The molecular formula is C22H21N3O2S. The molecule has 2 aliphatic rings. The Labute approximate surface area is 167 Å². The number of benzene rings is 2. The van der Waals surface area contributed by atoms with E-state index < -0.39 is 0 Å². The van der Waals surface area contributed by atoms with Crippen LogP contribution in [0.5, 0.6) is 0 Å². The molecule has 0 bridgehead atoms. The zero-order chi connectivity index (χ0) is 18.9. The molecule has 6 heteroatoms. The van der Waals surface area contributed by atoms with Crippen molar-refractivity contribution < 1.29 is 9.53 Å². The highest BCUT2D eigenvalue weighted by Gasteiger charge is 2.19. The Morgan fingerprint density at radius 2 is 2.00 bits per heavy atom. The van der Waals surface area contributed by atoms with E-state index in [1.807, 2.05) is 12.3 Å². The molecule has 1 saturated heterocycles. The Balaban J connectivity index is 1.44. The van der Waals surface area contributed by atoms with Gasteiger partial charge in [-0.15, -0.1) is 11.3 Å².